The molecule has 1 aliphatic rings. The zero-order chi connectivity index (χ0) is 23.4. The fraction of sp³-hybridized carbons (Fsp3) is 0.478. The molecule has 0 bridgehead atoms. The standard InChI is InChI=1S/C23H31FN8S/c1-5-31(6-2)16-9-11-32(12-10-16)17-7-8-19(26-13-17)29-22-27-14-18(24)20(30-22)21-15(3)28-23(25-4)33-21/h7-8,13-14,16H,5-6,9-12H2,1-4H3,(H,25,28)(H,26,27,29,30). The molecule has 176 valence electrons. The Morgan fingerprint density at radius 2 is 1.88 bits per heavy atom. The molecule has 33 heavy (non-hydrogen) atoms. The summed E-state index contributed by atoms with van der Waals surface area (Å²) in [6.45, 7) is 10.6. The van der Waals surface area contributed by atoms with Gasteiger partial charge < -0.3 is 20.4 Å². The van der Waals surface area contributed by atoms with E-state index in [2.05, 4.69) is 60.3 Å². The van der Waals surface area contributed by atoms with E-state index < -0.39 is 5.82 Å². The van der Waals surface area contributed by atoms with Gasteiger partial charge in [0.15, 0.2) is 10.9 Å². The molecule has 1 fully saturated rings. The van der Waals surface area contributed by atoms with Crippen LogP contribution in [0, 0.1) is 12.7 Å². The largest absolute Gasteiger partial charge is 0.370 e. The molecule has 0 aromatic carbocycles. The van der Waals surface area contributed by atoms with E-state index in [1.807, 2.05) is 19.2 Å². The average molecular weight is 471 g/mol. The zero-order valence-corrected chi connectivity index (χ0v) is 20.4. The van der Waals surface area contributed by atoms with Crippen molar-refractivity contribution in [3.05, 3.63) is 36.0 Å². The molecule has 2 N–H and O–H groups in total. The number of nitrogens with zero attached hydrogens (tertiary/aromatic N) is 6. The first-order valence-corrected chi connectivity index (χ1v) is 12.2. The third kappa shape index (κ3) is 5.22. The zero-order valence-electron chi connectivity index (χ0n) is 19.6. The van der Waals surface area contributed by atoms with Crippen molar-refractivity contribution in [3.8, 4) is 10.6 Å². The fourth-order valence-electron chi connectivity index (χ4n) is 4.30. The maximum absolute atomic E-state index is 14.5. The Kier molecular flexibility index (Phi) is 7.34. The van der Waals surface area contributed by atoms with Gasteiger partial charge in [0, 0.05) is 26.2 Å². The Hall–Kier alpha value is -2.85. The molecule has 0 unspecified atom stereocenters. The Labute approximate surface area is 198 Å². The van der Waals surface area contributed by atoms with Crippen LogP contribution in [0.25, 0.3) is 10.6 Å². The van der Waals surface area contributed by atoms with Gasteiger partial charge in [-0.2, -0.15) is 0 Å². The van der Waals surface area contributed by atoms with E-state index in [1.54, 1.807) is 7.05 Å². The summed E-state index contributed by atoms with van der Waals surface area (Å²) < 4.78 is 14.5. The van der Waals surface area contributed by atoms with Crippen LogP contribution in [0.1, 0.15) is 32.4 Å². The van der Waals surface area contributed by atoms with E-state index in [4.69, 9.17) is 0 Å². The van der Waals surface area contributed by atoms with Gasteiger partial charge in [-0.05, 0) is 45.0 Å². The lowest BCUT2D eigenvalue weighted by atomic mass is 10.0. The monoisotopic (exact) mass is 470 g/mol. The van der Waals surface area contributed by atoms with Gasteiger partial charge in [-0.1, -0.05) is 25.2 Å². The van der Waals surface area contributed by atoms with Crippen LogP contribution in [0.3, 0.4) is 0 Å². The smallest absolute Gasteiger partial charge is 0.229 e. The van der Waals surface area contributed by atoms with E-state index >= 15 is 0 Å². The molecular formula is C23H31FN8S. The van der Waals surface area contributed by atoms with Gasteiger partial charge in [-0.3, -0.25) is 0 Å². The lowest BCUT2D eigenvalue weighted by Gasteiger charge is -2.38. The quantitative estimate of drug-likeness (QED) is 0.497. The number of aromatic nitrogens is 4. The number of piperidine rings is 1. The second-order valence-corrected chi connectivity index (χ2v) is 9.04. The molecule has 0 saturated carbocycles. The van der Waals surface area contributed by atoms with Crippen molar-refractivity contribution in [2.45, 2.75) is 39.7 Å². The molecule has 0 amide bonds. The molecule has 1 saturated heterocycles. The van der Waals surface area contributed by atoms with Crippen LogP contribution in [-0.2, 0) is 0 Å². The summed E-state index contributed by atoms with van der Waals surface area (Å²) >= 11 is 1.36. The Morgan fingerprint density at radius 3 is 2.48 bits per heavy atom. The molecule has 0 atom stereocenters. The maximum Gasteiger partial charge on any atom is 0.229 e. The normalized spacial score (nSPS) is 14.7. The fourth-order valence-corrected chi connectivity index (χ4v) is 5.21. The molecular weight excluding hydrogens is 439 g/mol. The van der Waals surface area contributed by atoms with Crippen molar-refractivity contribution in [3.63, 3.8) is 0 Å². The summed E-state index contributed by atoms with van der Waals surface area (Å²) in [6, 6.07) is 4.64. The third-order valence-corrected chi connectivity index (χ3v) is 7.30. The molecule has 3 aromatic rings. The molecule has 3 aromatic heterocycles. The summed E-state index contributed by atoms with van der Waals surface area (Å²) in [5.41, 5.74) is 2.07. The molecule has 0 aliphatic carbocycles. The lowest BCUT2D eigenvalue weighted by molar-refractivity contribution is 0.186. The predicted octanol–water partition coefficient (Wildman–Crippen LogP) is 4.54. The average Bonchev–Trinajstić information content (AvgIpc) is 3.22. The molecule has 4 heterocycles. The van der Waals surface area contributed by atoms with Crippen molar-refractivity contribution >= 4 is 33.9 Å². The van der Waals surface area contributed by atoms with Crippen LogP contribution in [-0.4, -0.2) is 64.1 Å². The van der Waals surface area contributed by atoms with Crippen molar-refractivity contribution in [1.82, 2.24) is 24.8 Å². The predicted molar refractivity (Wildman–Crippen MR) is 133 cm³/mol. The highest BCUT2D eigenvalue weighted by molar-refractivity contribution is 7.19. The van der Waals surface area contributed by atoms with Gasteiger partial charge in [-0.25, -0.2) is 24.3 Å². The second-order valence-electron chi connectivity index (χ2n) is 8.04. The number of thiazole rings is 1. The molecule has 0 spiro atoms. The third-order valence-electron chi connectivity index (χ3n) is 6.12. The number of aryl methyl sites for hydroxylation is 1. The molecule has 4 rings (SSSR count). The van der Waals surface area contributed by atoms with E-state index in [-0.39, 0.29) is 5.69 Å². The van der Waals surface area contributed by atoms with E-state index in [0.29, 0.717) is 27.8 Å². The number of nitrogens with one attached hydrogen (secondary N) is 2. The van der Waals surface area contributed by atoms with Crippen LogP contribution in [0.4, 0.5) is 27.0 Å². The topological polar surface area (TPSA) is 82.1 Å². The van der Waals surface area contributed by atoms with Crippen LogP contribution >= 0.6 is 11.3 Å². The maximum atomic E-state index is 14.5. The molecule has 10 heteroatoms. The minimum atomic E-state index is -0.480. The Balaban J connectivity index is 1.43. The van der Waals surface area contributed by atoms with Crippen LogP contribution in [0.15, 0.2) is 24.5 Å². The number of hydrogen-bond acceptors (Lipinski definition) is 9. The highest BCUT2D eigenvalue weighted by Crippen LogP contribution is 2.33. The number of anilines is 4. The summed E-state index contributed by atoms with van der Waals surface area (Å²) in [5.74, 6) is 0.433. The Morgan fingerprint density at radius 1 is 1.12 bits per heavy atom. The summed E-state index contributed by atoms with van der Waals surface area (Å²) in [6.07, 6.45) is 5.38. The van der Waals surface area contributed by atoms with Crippen molar-refractivity contribution in [1.29, 1.82) is 0 Å². The Bertz CT molecular complexity index is 1060. The SMILES string of the molecule is CCN(CC)C1CCN(c2ccc(Nc3ncc(F)c(-c4sc(NC)nc4C)n3)nc2)CC1. The number of pyridine rings is 1. The van der Waals surface area contributed by atoms with E-state index in [1.165, 1.54) is 30.4 Å². The first-order valence-electron chi connectivity index (χ1n) is 11.4. The van der Waals surface area contributed by atoms with Crippen LogP contribution in [0.5, 0.6) is 0 Å². The van der Waals surface area contributed by atoms with Gasteiger partial charge >= 0.3 is 0 Å². The number of hydrogen-bond donors (Lipinski definition) is 2. The number of halogens is 1. The van der Waals surface area contributed by atoms with E-state index in [0.717, 1.165) is 37.6 Å². The van der Waals surface area contributed by atoms with Crippen molar-refractivity contribution in [2.75, 3.05) is 48.8 Å². The van der Waals surface area contributed by atoms with E-state index in [9.17, 15) is 4.39 Å². The molecule has 8 nitrogen and oxygen atoms in total. The summed E-state index contributed by atoms with van der Waals surface area (Å²) in [4.78, 5) is 23.0. The second kappa shape index (κ2) is 10.4. The molecule has 0 radical (unpaired) electrons. The first-order chi connectivity index (χ1) is 16.0. The van der Waals surface area contributed by atoms with Gasteiger partial charge in [0.25, 0.3) is 0 Å². The van der Waals surface area contributed by atoms with Gasteiger partial charge in [0.05, 0.1) is 28.7 Å². The van der Waals surface area contributed by atoms with Gasteiger partial charge in [0.1, 0.15) is 11.5 Å². The summed E-state index contributed by atoms with van der Waals surface area (Å²) in [7, 11) is 1.79. The van der Waals surface area contributed by atoms with Crippen molar-refractivity contribution in [2.24, 2.45) is 0 Å². The highest BCUT2D eigenvalue weighted by atomic mass is 32.1. The van der Waals surface area contributed by atoms with Crippen molar-refractivity contribution < 1.29 is 4.39 Å². The molecule has 1 aliphatic heterocycles. The minimum absolute atomic E-state index is 0.233. The van der Waals surface area contributed by atoms with Gasteiger partial charge in [0.2, 0.25) is 5.95 Å². The first kappa shape index (κ1) is 23.3. The summed E-state index contributed by atoms with van der Waals surface area (Å²) in [5, 5.41) is 6.80. The highest BCUT2D eigenvalue weighted by Gasteiger charge is 2.23. The number of rotatable bonds is 8. The van der Waals surface area contributed by atoms with Crippen LogP contribution < -0.4 is 15.5 Å². The van der Waals surface area contributed by atoms with Gasteiger partial charge in [-0.15, -0.1) is 0 Å². The lowest BCUT2D eigenvalue weighted by Crippen LogP contribution is -2.44. The van der Waals surface area contributed by atoms with Crippen LogP contribution in [0.2, 0.25) is 0 Å². The minimum Gasteiger partial charge on any atom is -0.370 e.